The maximum absolute atomic E-state index is 12.7. The standard InChI is InChI=1S/C19H19ClN2O4/c1-24-15-8-14-16(18(26-3)17(15)25-2)13(10-21-14)19(23)22-9-11-4-6-12(20)7-5-11/h4-8,10,21H,9H2,1-3H3,(H,22,23). The van der Waals surface area contributed by atoms with Crippen molar-refractivity contribution < 1.29 is 19.0 Å². The third kappa shape index (κ3) is 3.28. The molecular formula is C19H19ClN2O4. The van der Waals surface area contributed by atoms with Gasteiger partial charge in [-0.1, -0.05) is 23.7 Å². The summed E-state index contributed by atoms with van der Waals surface area (Å²) in [4.78, 5) is 15.8. The van der Waals surface area contributed by atoms with Crippen LogP contribution in [0.4, 0.5) is 0 Å². The third-order valence-electron chi connectivity index (χ3n) is 4.08. The van der Waals surface area contributed by atoms with Gasteiger partial charge < -0.3 is 24.5 Å². The second-order valence-electron chi connectivity index (χ2n) is 5.58. The third-order valence-corrected chi connectivity index (χ3v) is 4.33. The average molecular weight is 375 g/mol. The molecular weight excluding hydrogens is 356 g/mol. The van der Waals surface area contributed by atoms with E-state index in [1.165, 1.54) is 14.2 Å². The molecule has 0 fully saturated rings. The van der Waals surface area contributed by atoms with Crippen LogP contribution < -0.4 is 19.5 Å². The molecule has 136 valence electrons. The van der Waals surface area contributed by atoms with E-state index in [1.54, 1.807) is 31.5 Å². The Morgan fingerprint density at radius 2 is 1.77 bits per heavy atom. The molecule has 0 atom stereocenters. The molecule has 0 saturated carbocycles. The summed E-state index contributed by atoms with van der Waals surface area (Å²) in [6, 6.07) is 9.08. The summed E-state index contributed by atoms with van der Waals surface area (Å²) < 4.78 is 16.2. The van der Waals surface area contributed by atoms with Crippen LogP contribution in [0.3, 0.4) is 0 Å². The minimum Gasteiger partial charge on any atom is -0.493 e. The first-order chi connectivity index (χ1) is 12.6. The number of halogens is 1. The molecule has 0 bridgehead atoms. The van der Waals surface area contributed by atoms with Gasteiger partial charge in [-0.2, -0.15) is 0 Å². The predicted molar refractivity (Wildman–Crippen MR) is 101 cm³/mol. The number of nitrogens with one attached hydrogen (secondary N) is 2. The summed E-state index contributed by atoms with van der Waals surface area (Å²) in [7, 11) is 4.60. The zero-order chi connectivity index (χ0) is 18.7. The SMILES string of the molecule is COc1cc2[nH]cc(C(=O)NCc3ccc(Cl)cc3)c2c(OC)c1OC. The van der Waals surface area contributed by atoms with Crippen molar-refractivity contribution in [3.05, 3.63) is 52.7 Å². The smallest absolute Gasteiger partial charge is 0.253 e. The Balaban J connectivity index is 1.94. The number of H-pyrrole nitrogens is 1. The Kier molecular flexibility index (Phi) is 5.23. The topological polar surface area (TPSA) is 72.6 Å². The molecule has 0 aliphatic rings. The second kappa shape index (κ2) is 7.58. The van der Waals surface area contributed by atoms with Gasteiger partial charge in [0.2, 0.25) is 5.75 Å². The highest BCUT2D eigenvalue weighted by Crippen LogP contribution is 2.44. The molecule has 0 unspecified atom stereocenters. The summed E-state index contributed by atoms with van der Waals surface area (Å²) >= 11 is 5.88. The van der Waals surface area contributed by atoms with E-state index in [0.717, 1.165) is 11.1 Å². The molecule has 1 aromatic heterocycles. The van der Waals surface area contributed by atoms with Gasteiger partial charge in [-0.3, -0.25) is 4.79 Å². The highest BCUT2D eigenvalue weighted by atomic mass is 35.5. The molecule has 1 heterocycles. The van der Waals surface area contributed by atoms with E-state index in [1.807, 2.05) is 12.1 Å². The zero-order valence-corrected chi connectivity index (χ0v) is 15.4. The number of carbonyl (C=O) groups excluding carboxylic acids is 1. The number of fused-ring (bicyclic) bond motifs is 1. The predicted octanol–water partition coefficient (Wildman–Crippen LogP) is 3.78. The number of aromatic amines is 1. The minimum absolute atomic E-state index is 0.225. The highest BCUT2D eigenvalue weighted by Gasteiger charge is 2.22. The van der Waals surface area contributed by atoms with Crippen molar-refractivity contribution >= 4 is 28.4 Å². The van der Waals surface area contributed by atoms with Gasteiger partial charge in [0.05, 0.1) is 37.8 Å². The monoisotopic (exact) mass is 374 g/mol. The van der Waals surface area contributed by atoms with Crippen LogP contribution >= 0.6 is 11.6 Å². The van der Waals surface area contributed by atoms with Crippen molar-refractivity contribution in [3.63, 3.8) is 0 Å². The lowest BCUT2D eigenvalue weighted by Crippen LogP contribution is -2.22. The Bertz CT molecular complexity index is 935. The van der Waals surface area contributed by atoms with E-state index in [0.29, 0.717) is 39.8 Å². The van der Waals surface area contributed by atoms with E-state index < -0.39 is 0 Å². The van der Waals surface area contributed by atoms with Crippen LogP contribution in [0, 0.1) is 0 Å². The van der Waals surface area contributed by atoms with E-state index in [2.05, 4.69) is 10.3 Å². The van der Waals surface area contributed by atoms with Gasteiger partial charge in [-0.15, -0.1) is 0 Å². The number of aromatic nitrogens is 1. The number of methoxy groups -OCH3 is 3. The normalized spacial score (nSPS) is 10.6. The zero-order valence-electron chi connectivity index (χ0n) is 14.7. The Morgan fingerprint density at radius 3 is 2.38 bits per heavy atom. The number of ether oxygens (including phenoxy) is 3. The molecule has 3 aromatic rings. The Morgan fingerprint density at radius 1 is 1.08 bits per heavy atom. The molecule has 26 heavy (non-hydrogen) atoms. The van der Waals surface area contributed by atoms with Crippen LogP contribution in [0.2, 0.25) is 5.02 Å². The van der Waals surface area contributed by atoms with Crippen molar-refractivity contribution in [2.45, 2.75) is 6.54 Å². The van der Waals surface area contributed by atoms with Gasteiger partial charge in [0, 0.05) is 23.8 Å². The quantitative estimate of drug-likeness (QED) is 0.688. The average Bonchev–Trinajstić information content (AvgIpc) is 3.09. The summed E-state index contributed by atoms with van der Waals surface area (Å²) in [5.74, 6) is 1.18. The minimum atomic E-state index is -0.225. The molecule has 0 radical (unpaired) electrons. The van der Waals surface area contributed by atoms with Crippen LogP contribution in [-0.2, 0) is 6.54 Å². The van der Waals surface area contributed by atoms with Crippen LogP contribution in [0.5, 0.6) is 17.2 Å². The van der Waals surface area contributed by atoms with Gasteiger partial charge >= 0.3 is 0 Å². The number of hydrogen-bond acceptors (Lipinski definition) is 4. The molecule has 1 amide bonds. The van der Waals surface area contributed by atoms with Crippen molar-refractivity contribution in [2.75, 3.05) is 21.3 Å². The van der Waals surface area contributed by atoms with E-state index in [4.69, 9.17) is 25.8 Å². The largest absolute Gasteiger partial charge is 0.493 e. The maximum Gasteiger partial charge on any atom is 0.253 e. The molecule has 3 rings (SSSR count). The van der Waals surface area contributed by atoms with Crippen molar-refractivity contribution in [1.82, 2.24) is 10.3 Å². The summed E-state index contributed by atoms with van der Waals surface area (Å²) in [6.07, 6.45) is 1.64. The fourth-order valence-electron chi connectivity index (χ4n) is 2.82. The molecule has 6 nitrogen and oxygen atoms in total. The fourth-order valence-corrected chi connectivity index (χ4v) is 2.94. The molecule has 2 aromatic carbocycles. The van der Waals surface area contributed by atoms with Crippen molar-refractivity contribution in [2.24, 2.45) is 0 Å². The van der Waals surface area contributed by atoms with Gasteiger partial charge in [-0.05, 0) is 17.7 Å². The van der Waals surface area contributed by atoms with E-state index in [9.17, 15) is 4.79 Å². The molecule has 0 aliphatic carbocycles. The molecule has 2 N–H and O–H groups in total. The lowest BCUT2D eigenvalue weighted by atomic mass is 10.1. The summed E-state index contributed by atoms with van der Waals surface area (Å²) in [6.45, 7) is 0.387. The van der Waals surface area contributed by atoms with Crippen LogP contribution in [-0.4, -0.2) is 32.2 Å². The number of rotatable bonds is 6. The molecule has 0 saturated heterocycles. The maximum atomic E-state index is 12.7. The summed E-state index contributed by atoms with van der Waals surface area (Å²) in [5, 5.41) is 4.19. The number of hydrogen-bond donors (Lipinski definition) is 2. The number of benzene rings is 2. The second-order valence-corrected chi connectivity index (χ2v) is 6.02. The van der Waals surface area contributed by atoms with Crippen LogP contribution in [0.1, 0.15) is 15.9 Å². The van der Waals surface area contributed by atoms with Gasteiger partial charge in [0.25, 0.3) is 5.91 Å². The first-order valence-corrected chi connectivity index (χ1v) is 8.29. The van der Waals surface area contributed by atoms with Gasteiger partial charge in [-0.25, -0.2) is 0 Å². The number of carbonyl (C=O) groups is 1. The van der Waals surface area contributed by atoms with Crippen LogP contribution in [0.15, 0.2) is 36.5 Å². The first-order valence-electron chi connectivity index (χ1n) is 7.91. The van der Waals surface area contributed by atoms with Crippen molar-refractivity contribution in [3.8, 4) is 17.2 Å². The molecule has 0 aliphatic heterocycles. The first kappa shape index (κ1) is 17.9. The van der Waals surface area contributed by atoms with Gasteiger partial charge in [0.15, 0.2) is 11.5 Å². The van der Waals surface area contributed by atoms with Gasteiger partial charge in [0.1, 0.15) is 0 Å². The highest BCUT2D eigenvalue weighted by molar-refractivity contribution is 6.30. The van der Waals surface area contributed by atoms with Crippen molar-refractivity contribution in [1.29, 1.82) is 0 Å². The fraction of sp³-hybridized carbons (Fsp3) is 0.211. The molecule has 0 spiro atoms. The Hall–Kier alpha value is -2.86. The lowest BCUT2D eigenvalue weighted by molar-refractivity contribution is 0.0952. The lowest BCUT2D eigenvalue weighted by Gasteiger charge is -2.14. The number of amides is 1. The molecule has 7 heteroatoms. The van der Waals surface area contributed by atoms with E-state index >= 15 is 0 Å². The summed E-state index contributed by atoms with van der Waals surface area (Å²) in [5.41, 5.74) is 2.14. The Labute approximate surface area is 156 Å². The van der Waals surface area contributed by atoms with E-state index in [-0.39, 0.29) is 5.91 Å². The van der Waals surface area contributed by atoms with Crippen LogP contribution in [0.25, 0.3) is 10.9 Å².